The first-order valence-corrected chi connectivity index (χ1v) is 11.1. The zero-order valence-corrected chi connectivity index (χ0v) is 16.5. The third-order valence-corrected chi connectivity index (χ3v) is 6.31. The maximum absolute atomic E-state index is 12.5. The van der Waals surface area contributed by atoms with Gasteiger partial charge in [0.25, 0.3) is 0 Å². The third-order valence-electron chi connectivity index (χ3n) is 5.01. The van der Waals surface area contributed by atoms with E-state index in [-0.39, 0.29) is 12.5 Å². The largest absolute Gasteiger partial charge is 0.376 e. The Labute approximate surface area is 163 Å². The number of carbonyl (C=O) groups excluding carboxylic acids is 1. The number of hydrogen-bond acceptors (Lipinski definition) is 7. The molecular weight excluding hydrogens is 382 g/mol. The van der Waals surface area contributed by atoms with Crippen molar-refractivity contribution in [3.63, 3.8) is 0 Å². The minimum absolute atomic E-state index is 0.0543. The highest BCUT2D eigenvalue weighted by Gasteiger charge is 2.28. The molecule has 1 saturated carbocycles. The van der Waals surface area contributed by atoms with Gasteiger partial charge in [0.1, 0.15) is 0 Å². The summed E-state index contributed by atoms with van der Waals surface area (Å²) in [6.07, 6.45) is 3.38. The number of rotatable bonds is 6. The number of aromatic nitrogens is 4. The Hall–Kier alpha value is -2.53. The van der Waals surface area contributed by atoms with Crippen molar-refractivity contribution in [2.24, 2.45) is 0 Å². The monoisotopic (exact) mass is 405 g/mol. The summed E-state index contributed by atoms with van der Waals surface area (Å²) in [5.41, 5.74) is 1.71. The van der Waals surface area contributed by atoms with Crippen molar-refractivity contribution >= 4 is 21.6 Å². The molecule has 4 rings (SSSR count). The molecule has 0 unspecified atom stereocenters. The standard InChI is InChI=1S/C17H23N7O3S/c1-28(26,27)23-9-7-22(8-10-23)16(25)12-18-14-4-2-3-13(11-14)17-19-20-21-24(17)15-5-6-15/h2-4,11,15,18H,5-10,12H2,1H3. The summed E-state index contributed by atoms with van der Waals surface area (Å²) in [7, 11) is -3.20. The summed E-state index contributed by atoms with van der Waals surface area (Å²) in [4.78, 5) is 14.1. The Kier molecular flexibility index (Phi) is 5.02. The van der Waals surface area contributed by atoms with Gasteiger partial charge in [0.05, 0.1) is 18.8 Å². The molecule has 150 valence electrons. The van der Waals surface area contributed by atoms with E-state index in [2.05, 4.69) is 20.8 Å². The van der Waals surface area contributed by atoms with E-state index < -0.39 is 10.0 Å². The number of piperazine rings is 1. The molecule has 1 N–H and O–H groups in total. The SMILES string of the molecule is CS(=O)(=O)N1CCN(C(=O)CNc2cccc(-c3nnnn3C3CC3)c2)CC1. The molecule has 10 nitrogen and oxygen atoms in total. The smallest absolute Gasteiger partial charge is 0.241 e. The summed E-state index contributed by atoms with van der Waals surface area (Å²) in [6, 6.07) is 8.05. The van der Waals surface area contributed by atoms with Crippen molar-refractivity contribution in [2.45, 2.75) is 18.9 Å². The van der Waals surface area contributed by atoms with E-state index in [1.54, 1.807) is 4.90 Å². The molecule has 0 bridgehead atoms. The molecule has 1 aromatic carbocycles. The number of benzene rings is 1. The van der Waals surface area contributed by atoms with Crippen LogP contribution in [0.3, 0.4) is 0 Å². The van der Waals surface area contributed by atoms with Crippen LogP contribution >= 0.6 is 0 Å². The predicted molar refractivity (Wildman–Crippen MR) is 103 cm³/mol. The van der Waals surface area contributed by atoms with E-state index in [1.807, 2.05) is 28.9 Å². The van der Waals surface area contributed by atoms with Crippen LogP contribution in [0.4, 0.5) is 5.69 Å². The lowest BCUT2D eigenvalue weighted by molar-refractivity contribution is -0.130. The van der Waals surface area contributed by atoms with Crippen LogP contribution in [-0.2, 0) is 14.8 Å². The second kappa shape index (κ2) is 7.47. The van der Waals surface area contributed by atoms with Gasteiger partial charge < -0.3 is 10.2 Å². The Morgan fingerprint density at radius 2 is 1.96 bits per heavy atom. The van der Waals surface area contributed by atoms with Crippen LogP contribution in [0.25, 0.3) is 11.4 Å². The molecule has 1 aliphatic carbocycles. The molecule has 2 aliphatic rings. The van der Waals surface area contributed by atoms with Crippen molar-refractivity contribution < 1.29 is 13.2 Å². The predicted octanol–water partition coefficient (Wildman–Crippen LogP) is 0.191. The molecule has 0 spiro atoms. The van der Waals surface area contributed by atoms with Crippen LogP contribution in [-0.4, -0.2) is 82.7 Å². The fraction of sp³-hybridized carbons (Fsp3) is 0.529. The topological polar surface area (TPSA) is 113 Å². The second-order valence-corrected chi connectivity index (χ2v) is 9.14. The van der Waals surface area contributed by atoms with E-state index in [4.69, 9.17) is 0 Å². The van der Waals surface area contributed by atoms with Gasteiger partial charge in [-0.05, 0) is 35.4 Å². The Morgan fingerprint density at radius 1 is 1.21 bits per heavy atom. The van der Waals surface area contributed by atoms with Crippen molar-refractivity contribution in [3.8, 4) is 11.4 Å². The molecule has 11 heteroatoms. The Morgan fingerprint density at radius 3 is 2.64 bits per heavy atom. The minimum atomic E-state index is -3.20. The first-order chi connectivity index (χ1) is 13.4. The first-order valence-electron chi connectivity index (χ1n) is 9.27. The molecule has 1 aliphatic heterocycles. The van der Waals surface area contributed by atoms with Crippen LogP contribution in [0.2, 0.25) is 0 Å². The number of sulfonamides is 1. The van der Waals surface area contributed by atoms with Crippen molar-refractivity contribution in [3.05, 3.63) is 24.3 Å². The molecular formula is C17H23N7O3S. The maximum atomic E-state index is 12.5. The number of nitrogens with zero attached hydrogens (tertiary/aromatic N) is 6. The van der Waals surface area contributed by atoms with Crippen molar-refractivity contribution in [2.75, 3.05) is 44.3 Å². The van der Waals surface area contributed by atoms with Crippen LogP contribution < -0.4 is 5.32 Å². The van der Waals surface area contributed by atoms with Crippen molar-refractivity contribution in [1.82, 2.24) is 29.4 Å². The first kappa shape index (κ1) is 18.8. The van der Waals surface area contributed by atoms with Gasteiger partial charge in [0.2, 0.25) is 15.9 Å². The average Bonchev–Trinajstić information content (AvgIpc) is 3.42. The minimum Gasteiger partial charge on any atom is -0.376 e. The number of amides is 1. The maximum Gasteiger partial charge on any atom is 0.241 e. The molecule has 2 fully saturated rings. The number of anilines is 1. The lowest BCUT2D eigenvalue weighted by Crippen LogP contribution is -2.51. The van der Waals surface area contributed by atoms with Gasteiger partial charge in [0, 0.05) is 37.4 Å². The van der Waals surface area contributed by atoms with Gasteiger partial charge in [-0.2, -0.15) is 4.31 Å². The zero-order chi connectivity index (χ0) is 19.7. The summed E-state index contributed by atoms with van der Waals surface area (Å²) in [6.45, 7) is 1.64. The van der Waals surface area contributed by atoms with Gasteiger partial charge in [-0.15, -0.1) is 5.10 Å². The van der Waals surface area contributed by atoms with E-state index in [0.29, 0.717) is 32.2 Å². The Bertz CT molecular complexity index is 963. The van der Waals surface area contributed by atoms with Gasteiger partial charge in [-0.3, -0.25) is 4.79 Å². The van der Waals surface area contributed by atoms with Gasteiger partial charge >= 0.3 is 0 Å². The fourth-order valence-electron chi connectivity index (χ4n) is 3.28. The molecule has 28 heavy (non-hydrogen) atoms. The van der Waals surface area contributed by atoms with Crippen molar-refractivity contribution in [1.29, 1.82) is 0 Å². The normalized spacial score (nSPS) is 18.2. The van der Waals surface area contributed by atoms with Crippen LogP contribution in [0, 0.1) is 0 Å². The summed E-state index contributed by atoms with van der Waals surface area (Å²) < 4.78 is 26.4. The van der Waals surface area contributed by atoms with Gasteiger partial charge in [-0.25, -0.2) is 13.1 Å². The number of tetrazole rings is 1. The molecule has 1 aromatic heterocycles. The van der Waals surface area contributed by atoms with Crippen LogP contribution in [0.5, 0.6) is 0 Å². The molecule has 0 radical (unpaired) electrons. The van der Waals surface area contributed by atoms with E-state index in [1.165, 1.54) is 10.6 Å². The number of hydrogen-bond donors (Lipinski definition) is 1. The van der Waals surface area contributed by atoms with E-state index >= 15 is 0 Å². The average molecular weight is 405 g/mol. The summed E-state index contributed by atoms with van der Waals surface area (Å²) in [5.74, 6) is 0.677. The number of carbonyl (C=O) groups is 1. The lowest BCUT2D eigenvalue weighted by Gasteiger charge is -2.33. The fourth-order valence-corrected chi connectivity index (χ4v) is 4.10. The highest BCUT2D eigenvalue weighted by molar-refractivity contribution is 7.88. The van der Waals surface area contributed by atoms with Gasteiger partial charge in [-0.1, -0.05) is 12.1 Å². The highest BCUT2D eigenvalue weighted by Crippen LogP contribution is 2.36. The number of nitrogens with one attached hydrogen (secondary N) is 1. The van der Waals surface area contributed by atoms with Gasteiger partial charge in [0.15, 0.2) is 5.82 Å². The summed E-state index contributed by atoms with van der Waals surface area (Å²) >= 11 is 0. The van der Waals surface area contributed by atoms with Crippen LogP contribution in [0.1, 0.15) is 18.9 Å². The second-order valence-electron chi connectivity index (χ2n) is 7.16. The molecule has 2 aromatic rings. The highest BCUT2D eigenvalue weighted by atomic mass is 32.2. The zero-order valence-electron chi connectivity index (χ0n) is 15.7. The molecule has 0 atom stereocenters. The molecule has 1 amide bonds. The van der Waals surface area contributed by atoms with E-state index in [9.17, 15) is 13.2 Å². The lowest BCUT2D eigenvalue weighted by atomic mass is 10.2. The molecule has 1 saturated heterocycles. The summed E-state index contributed by atoms with van der Waals surface area (Å²) in [5, 5.41) is 15.1. The van der Waals surface area contributed by atoms with E-state index in [0.717, 1.165) is 29.9 Å². The van der Waals surface area contributed by atoms with Crippen LogP contribution in [0.15, 0.2) is 24.3 Å². The molecule has 2 heterocycles. The quantitative estimate of drug-likeness (QED) is 0.730. The Balaban J connectivity index is 1.35. The third kappa shape index (κ3) is 4.14.